The van der Waals surface area contributed by atoms with E-state index < -0.39 is 5.60 Å². The third-order valence-electron chi connectivity index (χ3n) is 2.48. The van der Waals surface area contributed by atoms with Crippen molar-refractivity contribution in [3.8, 4) is 6.07 Å². The van der Waals surface area contributed by atoms with Gasteiger partial charge < -0.3 is 15.4 Å². The van der Waals surface area contributed by atoms with Crippen LogP contribution in [-0.2, 0) is 4.74 Å². The van der Waals surface area contributed by atoms with Crippen LogP contribution in [0.1, 0.15) is 27.2 Å². The molecule has 16 heavy (non-hydrogen) atoms. The lowest BCUT2D eigenvalue weighted by atomic mass is 9.95. The number of amides is 1. The molecular weight excluding hydrogens is 206 g/mol. The minimum Gasteiger partial charge on any atom is -0.444 e. The van der Waals surface area contributed by atoms with E-state index in [0.29, 0.717) is 19.5 Å². The first-order valence-corrected chi connectivity index (χ1v) is 5.46. The Hall–Kier alpha value is -1.28. The molecular formula is C11H19N3O2. The van der Waals surface area contributed by atoms with E-state index in [9.17, 15) is 4.79 Å². The second kappa shape index (κ2) is 4.71. The number of nitrogens with zero attached hydrogens (tertiary/aromatic N) is 2. The first-order valence-electron chi connectivity index (χ1n) is 5.46. The van der Waals surface area contributed by atoms with E-state index in [2.05, 4.69) is 6.07 Å². The van der Waals surface area contributed by atoms with Gasteiger partial charge in [0.05, 0.1) is 12.0 Å². The average molecular weight is 225 g/mol. The highest BCUT2D eigenvalue weighted by molar-refractivity contribution is 5.68. The molecule has 0 aliphatic carbocycles. The third kappa shape index (κ3) is 3.38. The zero-order valence-electron chi connectivity index (χ0n) is 10.1. The van der Waals surface area contributed by atoms with Gasteiger partial charge in [-0.1, -0.05) is 0 Å². The van der Waals surface area contributed by atoms with Gasteiger partial charge in [-0.05, 0) is 27.2 Å². The highest BCUT2D eigenvalue weighted by Gasteiger charge is 2.31. The summed E-state index contributed by atoms with van der Waals surface area (Å²) in [5.74, 6) is -0.290. The summed E-state index contributed by atoms with van der Waals surface area (Å²) >= 11 is 0. The van der Waals surface area contributed by atoms with Crippen molar-refractivity contribution in [2.24, 2.45) is 11.7 Å². The molecule has 0 aromatic carbocycles. The standard InChI is InChI=1S/C11H19N3O2/c1-11(2,3)16-10(15)14-5-4-9(13)8(6-12)7-14/h8-9H,4-5,7,13H2,1-3H3. The van der Waals surface area contributed by atoms with Gasteiger partial charge in [-0.2, -0.15) is 5.26 Å². The molecule has 1 aliphatic rings. The highest BCUT2D eigenvalue weighted by atomic mass is 16.6. The second-order valence-corrected chi connectivity index (χ2v) is 5.11. The van der Waals surface area contributed by atoms with E-state index in [1.165, 1.54) is 0 Å². The van der Waals surface area contributed by atoms with Crippen LogP contribution in [0, 0.1) is 17.2 Å². The summed E-state index contributed by atoms with van der Waals surface area (Å²) in [7, 11) is 0. The van der Waals surface area contributed by atoms with Gasteiger partial charge in [-0.15, -0.1) is 0 Å². The second-order valence-electron chi connectivity index (χ2n) is 5.11. The van der Waals surface area contributed by atoms with E-state index >= 15 is 0 Å². The normalized spacial score (nSPS) is 26.1. The molecule has 5 nitrogen and oxygen atoms in total. The predicted octanol–water partition coefficient (Wildman–Crippen LogP) is 1.09. The largest absolute Gasteiger partial charge is 0.444 e. The molecule has 0 bridgehead atoms. The molecule has 1 rings (SSSR count). The third-order valence-corrected chi connectivity index (χ3v) is 2.48. The van der Waals surface area contributed by atoms with Crippen molar-refractivity contribution in [1.82, 2.24) is 4.90 Å². The van der Waals surface area contributed by atoms with Crippen molar-refractivity contribution in [2.75, 3.05) is 13.1 Å². The molecule has 0 spiro atoms. The maximum Gasteiger partial charge on any atom is 0.410 e. The van der Waals surface area contributed by atoms with Crippen LogP contribution in [0.2, 0.25) is 0 Å². The number of hydrogen-bond acceptors (Lipinski definition) is 4. The van der Waals surface area contributed by atoms with Crippen LogP contribution in [0.5, 0.6) is 0 Å². The van der Waals surface area contributed by atoms with Crippen molar-refractivity contribution < 1.29 is 9.53 Å². The fourth-order valence-electron chi connectivity index (χ4n) is 1.60. The Morgan fingerprint density at radius 1 is 1.56 bits per heavy atom. The Kier molecular flexibility index (Phi) is 3.76. The first kappa shape index (κ1) is 12.8. The lowest BCUT2D eigenvalue weighted by Crippen LogP contribution is -2.49. The molecule has 1 heterocycles. The van der Waals surface area contributed by atoms with E-state index in [4.69, 9.17) is 15.7 Å². The summed E-state index contributed by atoms with van der Waals surface area (Å²) in [6, 6.07) is 1.99. The number of hydrogen-bond donors (Lipinski definition) is 1. The molecule has 0 aromatic rings. The van der Waals surface area contributed by atoms with Crippen LogP contribution in [0.25, 0.3) is 0 Å². The van der Waals surface area contributed by atoms with Gasteiger partial charge >= 0.3 is 6.09 Å². The first-order chi connectivity index (χ1) is 7.33. The summed E-state index contributed by atoms with van der Waals surface area (Å²) in [5.41, 5.74) is 5.28. The summed E-state index contributed by atoms with van der Waals surface area (Å²) in [5, 5.41) is 8.88. The minimum absolute atomic E-state index is 0.135. The fourth-order valence-corrected chi connectivity index (χ4v) is 1.60. The minimum atomic E-state index is -0.501. The van der Waals surface area contributed by atoms with E-state index in [1.54, 1.807) is 4.90 Å². The van der Waals surface area contributed by atoms with Crippen molar-refractivity contribution in [3.63, 3.8) is 0 Å². The lowest BCUT2D eigenvalue weighted by molar-refractivity contribution is 0.0176. The van der Waals surface area contributed by atoms with Crippen LogP contribution in [0.3, 0.4) is 0 Å². The van der Waals surface area contributed by atoms with Gasteiger partial charge in [0.15, 0.2) is 0 Å². The molecule has 1 saturated heterocycles. The van der Waals surface area contributed by atoms with Gasteiger partial charge in [-0.3, -0.25) is 0 Å². The summed E-state index contributed by atoms with van der Waals surface area (Å²) < 4.78 is 5.24. The molecule has 2 atom stereocenters. The number of ether oxygens (including phenoxy) is 1. The van der Waals surface area contributed by atoms with Crippen LogP contribution >= 0.6 is 0 Å². The molecule has 5 heteroatoms. The Morgan fingerprint density at radius 3 is 2.69 bits per heavy atom. The molecule has 0 saturated carbocycles. The Bertz CT molecular complexity index is 303. The van der Waals surface area contributed by atoms with Crippen LogP contribution < -0.4 is 5.73 Å². The molecule has 0 aromatic heterocycles. The van der Waals surface area contributed by atoms with Crippen molar-refractivity contribution >= 4 is 6.09 Å². The zero-order valence-corrected chi connectivity index (χ0v) is 10.1. The molecule has 1 amide bonds. The van der Waals surface area contributed by atoms with Gasteiger partial charge in [-0.25, -0.2) is 4.79 Å². The average Bonchev–Trinajstić information content (AvgIpc) is 2.15. The number of likely N-dealkylation sites (tertiary alicyclic amines) is 1. The molecule has 1 aliphatic heterocycles. The lowest BCUT2D eigenvalue weighted by Gasteiger charge is -2.34. The van der Waals surface area contributed by atoms with Gasteiger partial charge in [0.25, 0.3) is 0 Å². The quantitative estimate of drug-likeness (QED) is 0.669. The van der Waals surface area contributed by atoms with Gasteiger partial charge in [0.1, 0.15) is 5.60 Å². The number of carbonyl (C=O) groups excluding carboxylic acids is 1. The van der Waals surface area contributed by atoms with Gasteiger partial charge in [0.2, 0.25) is 0 Å². The Balaban J connectivity index is 2.56. The SMILES string of the molecule is CC(C)(C)OC(=O)N1CCC(N)C(C#N)C1. The number of nitriles is 1. The molecule has 1 fully saturated rings. The van der Waals surface area contributed by atoms with Crippen molar-refractivity contribution in [1.29, 1.82) is 5.26 Å². The van der Waals surface area contributed by atoms with Crippen LogP contribution in [-0.4, -0.2) is 35.7 Å². The van der Waals surface area contributed by atoms with E-state index in [1.807, 2.05) is 20.8 Å². The highest BCUT2D eigenvalue weighted by Crippen LogP contribution is 2.18. The number of carbonyl (C=O) groups is 1. The monoisotopic (exact) mass is 225 g/mol. The van der Waals surface area contributed by atoms with E-state index in [0.717, 1.165) is 0 Å². The van der Waals surface area contributed by atoms with Gasteiger partial charge in [0, 0.05) is 19.1 Å². The smallest absolute Gasteiger partial charge is 0.410 e. The Morgan fingerprint density at radius 2 is 2.19 bits per heavy atom. The number of piperidine rings is 1. The summed E-state index contributed by atoms with van der Waals surface area (Å²) in [4.78, 5) is 13.3. The molecule has 2 unspecified atom stereocenters. The predicted molar refractivity (Wildman–Crippen MR) is 59.5 cm³/mol. The van der Waals surface area contributed by atoms with Crippen LogP contribution in [0.15, 0.2) is 0 Å². The summed E-state index contributed by atoms with van der Waals surface area (Å²) in [6.07, 6.45) is 0.289. The number of rotatable bonds is 0. The molecule has 2 N–H and O–H groups in total. The summed E-state index contributed by atoms with van der Waals surface area (Å²) in [6.45, 7) is 6.40. The maximum atomic E-state index is 11.7. The van der Waals surface area contributed by atoms with Crippen molar-refractivity contribution in [3.05, 3.63) is 0 Å². The van der Waals surface area contributed by atoms with E-state index in [-0.39, 0.29) is 18.1 Å². The zero-order chi connectivity index (χ0) is 12.3. The molecule has 90 valence electrons. The van der Waals surface area contributed by atoms with Crippen molar-refractivity contribution in [2.45, 2.75) is 38.8 Å². The molecule has 0 radical (unpaired) electrons. The number of nitrogens with two attached hydrogens (primary N) is 1. The maximum absolute atomic E-state index is 11.7. The fraction of sp³-hybridized carbons (Fsp3) is 0.818. The van der Waals surface area contributed by atoms with Crippen LogP contribution in [0.4, 0.5) is 4.79 Å². The Labute approximate surface area is 96.2 Å². The topological polar surface area (TPSA) is 79.3 Å².